The largest absolute Gasteiger partial charge is 0.305 e. The van der Waals surface area contributed by atoms with E-state index in [9.17, 15) is 8.78 Å². The molecule has 0 fully saturated rings. The van der Waals surface area contributed by atoms with Crippen molar-refractivity contribution in [2.75, 3.05) is 6.54 Å². The number of nitrogens with one attached hydrogen (secondary N) is 1. The van der Waals surface area contributed by atoms with Gasteiger partial charge in [0, 0.05) is 10.0 Å². The van der Waals surface area contributed by atoms with Crippen LogP contribution in [0, 0.1) is 11.6 Å². The monoisotopic (exact) mass is 360 g/mol. The van der Waals surface area contributed by atoms with Gasteiger partial charge in [-0.25, -0.2) is 8.78 Å². The lowest BCUT2D eigenvalue weighted by atomic mass is 10.0. The van der Waals surface area contributed by atoms with Gasteiger partial charge >= 0.3 is 0 Å². The van der Waals surface area contributed by atoms with Crippen molar-refractivity contribution in [3.63, 3.8) is 0 Å². The smallest absolute Gasteiger partial charge is 0.148 e. The van der Waals surface area contributed by atoms with E-state index in [0.29, 0.717) is 22.3 Å². The van der Waals surface area contributed by atoms with E-state index >= 15 is 0 Å². The van der Waals surface area contributed by atoms with Crippen LogP contribution in [0.3, 0.4) is 0 Å². The average molecular weight is 362 g/mol. The number of pyridine rings is 1. The molecule has 1 aromatic carbocycles. The molecule has 0 aliphatic carbocycles. The summed E-state index contributed by atoms with van der Waals surface area (Å²) in [7, 11) is 0. The van der Waals surface area contributed by atoms with Crippen LogP contribution in [-0.2, 0) is 0 Å². The molecule has 106 valence electrons. The Kier molecular flexibility index (Phi) is 5.07. The zero-order chi connectivity index (χ0) is 14.7. The quantitative estimate of drug-likeness (QED) is 0.813. The highest BCUT2D eigenvalue weighted by Crippen LogP contribution is 2.32. The highest BCUT2D eigenvalue weighted by molar-refractivity contribution is 9.10. The molecular weight excluding hydrogens is 350 g/mol. The molecule has 0 saturated heterocycles. The maximum Gasteiger partial charge on any atom is 0.148 e. The lowest BCUT2D eigenvalue weighted by molar-refractivity contribution is 0.548. The minimum absolute atomic E-state index is 0.0208. The average Bonchev–Trinajstić information content (AvgIpc) is 2.44. The Hall–Kier alpha value is -1.04. The summed E-state index contributed by atoms with van der Waals surface area (Å²) in [5.41, 5.74) is 0.907. The summed E-state index contributed by atoms with van der Waals surface area (Å²) < 4.78 is 27.7. The Bertz CT molecular complexity index is 605. The van der Waals surface area contributed by atoms with Crippen LogP contribution in [-0.4, -0.2) is 11.5 Å². The van der Waals surface area contributed by atoms with Crippen LogP contribution in [0.15, 0.2) is 34.9 Å². The van der Waals surface area contributed by atoms with E-state index in [-0.39, 0.29) is 5.02 Å². The molecule has 2 nitrogen and oxygen atoms in total. The predicted octanol–water partition coefficient (Wildman–Crippen LogP) is 4.47. The SMILES string of the molecule is CCNC(c1ccc(F)cn1)c1ccc(Br)c(Cl)c1F. The summed E-state index contributed by atoms with van der Waals surface area (Å²) in [4.78, 5) is 4.01. The molecule has 1 aromatic heterocycles. The first-order chi connectivity index (χ1) is 9.54. The third-order valence-electron chi connectivity index (χ3n) is 2.83. The second-order valence-corrected chi connectivity index (χ2v) is 5.39. The Balaban J connectivity index is 2.48. The molecule has 1 N–H and O–H groups in total. The number of aromatic nitrogens is 1. The van der Waals surface area contributed by atoms with Crippen LogP contribution in [0.1, 0.15) is 24.2 Å². The fourth-order valence-electron chi connectivity index (χ4n) is 1.90. The van der Waals surface area contributed by atoms with Gasteiger partial charge in [-0.15, -0.1) is 0 Å². The molecule has 2 rings (SSSR count). The first kappa shape index (κ1) is 15.4. The maximum atomic E-state index is 14.3. The zero-order valence-corrected chi connectivity index (χ0v) is 13.0. The molecule has 0 saturated carbocycles. The third-order valence-corrected chi connectivity index (χ3v) is 4.09. The topological polar surface area (TPSA) is 24.9 Å². The van der Waals surface area contributed by atoms with E-state index in [1.807, 2.05) is 6.92 Å². The first-order valence-electron chi connectivity index (χ1n) is 6.02. The summed E-state index contributed by atoms with van der Waals surface area (Å²) >= 11 is 9.09. The second kappa shape index (κ2) is 6.61. The zero-order valence-electron chi connectivity index (χ0n) is 10.6. The summed E-state index contributed by atoms with van der Waals surface area (Å²) in [5.74, 6) is -0.948. The Morgan fingerprint density at radius 2 is 2.05 bits per heavy atom. The Labute approximate surface area is 129 Å². The van der Waals surface area contributed by atoms with E-state index in [0.717, 1.165) is 6.20 Å². The molecule has 2 aromatic rings. The van der Waals surface area contributed by atoms with Crippen LogP contribution < -0.4 is 5.32 Å². The third kappa shape index (κ3) is 3.16. The van der Waals surface area contributed by atoms with Crippen LogP contribution >= 0.6 is 27.5 Å². The normalized spacial score (nSPS) is 12.4. The van der Waals surface area contributed by atoms with Crippen LogP contribution in [0.4, 0.5) is 8.78 Å². The Morgan fingerprint density at radius 1 is 1.30 bits per heavy atom. The van der Waals surface area contributed by atoms with Crippen molar-refractivity contribution >= 4 is 27.5 Å². The highest BCUT2D eigenvalue weighted by Gasteiger charge is 2.21. The van der Waals surface area contributed by atoms with Crippen molar-refractivity contribution in [2.24, 2.45) is 0 Å². The maximum absolute atomic E-state index is 14.3. The van der Waals surface area contributed by atoms with Gasteiger partial charge in [0.05, 0.1) is 23.0 Å². The molecule has 0 bridgehead atoms. The number of rotatable bonds is 4. The van der Waals surface area contributed by atoms with Gasteiger partial charge in [-0.2, -0.15) is 0 Å². The van der Waals surface area contributed by atoms with Gasteiger partial charge in [0.15, 0.2) is 0 Å². The fourth-order valence-corrected chi connectivity index (χ4v) is 2.38. The number of benzene rings is 1. The molecule has 0 aliphatic heterocycles. The number of hydrogen-bond acceptors (Lipinski definition) is 2. The van der Waals surface area contributed by atoms with Gasteiger partial charge in [-0.1, -0.05) is 24.6 Å². The fraction of sp³-hybridized carbons (Fsp3) is 0.214. The van der Waals surface area contributed by atoms with Gasteiger partial charge in [0.1, 0.15) is 11.6 Å². The molecule has 1 unspecified atom stereocenters. The van der Waals surface area contributed by atoms with E-state index in [2.05, 4.69) is 26.2 Å². The molecule has 1 heterocycles. The van der Waals surface area contributed by atoms with Crippen LogP contribution in [0.25, 0.3) is 0 Å². The molecule has 0 aliphatic rings. The van der Waals surface area contributed by atoms with Crippen molar-refractivity contribution in [3.8, 4) is 0 Å². The lowest BCUT2D eigenvalue weighted by Gasteiger charge is -2.19. The number of hydrogen-bond donors (Lipinski definition) is 1. The highest BCUT2D eigenvalue weighted by atomic mass is 79.9. The van der Waals surface area contributed by atoms with Crippen LogP contribution in [0.5, 0.6) is 0 Å². The minimum Gasteiger partial charge on any atom is -0.305 e. The molecule has 0 spiro atoms. The van der Waals surface area contributed by atoms with E-state index in [4.69, 9.17) is 11.6 Å². The molecule has 0 radical (unpaired) electrons. The van der Waals surface area contributed by atoms with Crippen molar-refractivity contribution < 1.29 is 8.78 Å². The molecule has 20 heavy (non-hydrogen) atoms. The molecule has 1 atom stereocenters. The van der Waals surface area contributed by atoms with Gasteiger partial charge in [-0.3, -0.25) is 4.98 Å². The number of halogens is 4. The van der Waals surface area contributed by atoms with Gasteiger partial charge in [0.25, 0.3) is 0 Å². The summed E-state index contributed by atoms with van der Waals surface area (Å²) in [6, 6.07) is 5.65. The summed E-state index contributed by atoms with van der Waals surface area (Å²) in [6.07, 6.45) is 1.11. The van der Waals surface area contributed by atoms with Crippen LogP contribution in [0.2, 0.25) is 5.02 Å². The minimum atomic E-state index is -0.516. The predicted molar refractivity (Wildman–Crippen MR) is 78.8 cm³/mol. The summed E-state index contributed by atoms with van der Waals surface area (Å²) in [6.45, 7) is 2.51. The second-order valence-electron chi connectivity index (χ2n) is 4.16. The van der Waals surface area contributed by atoms with Gasteiger partial charge < -0.3 is 5.32 Å². The summed E-state index contributed by atoms with van der Waals surface area (Å²) in [5, 5.41) is 3.14. The molecule has 6 heteroatoms. The first-order valence-corrected chi connectivity index (χ1v) is 7.20. The molecule has 0 amide bonds. The van der Waals surface area contributed by atoms with Gasteiger partial charge in [-0.05, 0) is 40.7 Å². The Morgan fingerprint density at radius 3 is 2.65 bits per heavy atom. The lowest BCUT2D eigenvalue weighted by Crippen LogP contribution is -2.24. The standard InChI is InChI=1S/C14H12BrClF2N2/c1-2-19-14(11-6-3-8(17)7-20-11)9-4-5-10(15)12(16)13(9)18/h3-7,14,19H,2H2,1H3. The van der Waals surface area contributed by atoms with E-state index < -0.39 is 17.7 Å². The van der Waals surface area contributed by atoms with Gasteiger partial charge in [0.2, 0.25) is 0 Å². The van der Waals surface area contributed by atoms with E-state index in [1.165, 1.54) is 12.1 Å². The van der Waals surface area contributed by atoms with Crippen molar-refractivity contribution in [1.29, 1.82) is 0 Å². The van der Waals surface area contributed by atoms with Crippen molar-refractivity contribution in [2.45, 2.75) is 13.0 Å². The van der Waals surface area contributed by atoms with Crippen molar-refractivity contribution in [1.82, 2.24) is 10.3 Å². The van der Waals surface area contributed by atoms with Crippen molar-refractivity contribution in [3.05, 3.63) is 62.8 Å². The number of nitrogens with zero attached hydrogens (tertiary/aromatic N) is 1. The molecular formula is C14H12BrClF2N2. The van der Waals surface area contributed by atoms with E-state index in [1.54, 1.807) is 12.1 Å².